The first kappa shape index (κ1) is 17.2. The predicted molar refractivity (Wildman–Crippen MR) is 91.8 cm³/mol. The topological polar surface area (TPSA) is 46.3 Å². The van der Waals surface area contributed by atoms with Gasteiger partial charge < -0.3 is 5.73 Å². The molecule has 1 aromatic carbocycles. The normalized spacial score (nSPS) is 16.1. The van der Waals surface area contributed by atoms with Gasteiger partial charge in [0.2, 0.25) is 0 Å². The summed E-state index contributed by atoms with van der Waals surface area (Å²) < 4.78 is 0. The third-order valence-electron chi connectivity index (χ3n) is 4.65. The highest BCUT2D eigenvalue weighted by Crippen LogP contribution is 2.26. The molecule has 0 unspecified atom stereocenters. The van der Waals surface area contributed by atoms with Gasteiger partial charge in [0.15, 0.2) is 0 Å². The van der Waals surface area contributed by atoms with Crippen LogP contribution in [0.5, 0.6) is 0 Å². The number of nitrogens with zero attached hydrogens (tertiary/aromatic N) is 1. The number of hydrogen-bond donors (Lipinski definition) is 1. The Hall–Kier alpha value is -1.19. The molecule has 3 nitrogen and oxygen atoms in total. The zero-order chi connectivity index (χ0) is 15.6. The fraction of sp³-hybridized carbons (Fsp3) is 0.632. The van der Waals surface area contributed by atoms with Gasteiger partial charge in [-0.2, -0.15) is 0 Å². The maximum Gasteiger partial charge on any atom is 0.147 e. The molecule has 1 fully saturated rings. The summed E-state index contributed by atoms with van der Waals surface area (Å²) in [6.07, 6.45) is 8.20. The Balaban J connectivity index is 1.75. The fourth-order valence-corrected chi connectivity index (χ4v) is 3.41. The van der Waals surface area contributed by atoms with Crippen LogP contribution in [0, 0.1) is 5.92 Å². The SMILES string of the molecule is NCCN(CCc1ccccc1)CC(=O)CC1CCCCC1. The zero-order valence-electron chi connectivity index (χ0n) is 13.7. The minimum atomic E-state index is 0.397. The van der Waals surface area contributed by atoms with E-state index in [9.17, 15) is 4.79 Å². The van der Waals surface area contributed by atoms with Crippen molar-refractivity contribution in [2.24, 2.45) is 11.7 Å². The summed E-state index contributed by atoms with van der Waals surface area (Å²) in [6, 6.07) is 10.5. The molecule has 0 aromatic heterocycles. The van der Waals surface area contributed by atoms with Gasteiger partial charge in [-0.15, -0.1) is 0 Å². The first-order valence-electron chi connectivity index (χ1n) is 8.76. The minimum Gasteiger partial charge on any atom is -0.329 e. The van der Waals surface area contributed by atoms with Gasteiger partial charge in [0.25, 0.3) is 0 Å². The molecule has 3 heteroatoms. The lowest BCUT2D eigenvalue weighted by atomic mass is 9.86. The molecule has 1 aliphatic rings. The van der Waals surface area contributed by atoms with Crippen molar-refractivity contribution in [1.82, 2.24) is 4.90 Å². The van der Waals surface area contributed by atoms with E-state index in [-0.39, 0.29) is 0 Å². The molecule has 0 aliphatic heterocycles. The molecule has 0 spiro atoms. The molecular weight excluding hydrogens is 272 g/mol. The lowest BCUT2D eigenvalue weighted by Crippen LogP contribution is -2.36. The average Bonchev–Trinajstić information content (AvgIpc) is 2.55. The second-order valence-electron chi connectivity index (χ2n) is 6.55. The van der Waals surface area contributed by atoms with Gasteiger partial charge in [-0.3, -0.25) is 9.69 Å². The van der Waals surface area contributed by atoms with Crippen LogP contribution < -0.4 is 5.73 Å². The van der Waals surface area contributed by atoms with Crippen LogP contribution >= 0.6 is 0 Å². The maximum atomic E-state index is 12.3. The highest BCUT2D eigenvalue weighted by molar-refractivity contribution is 5.80. The molecule has 2 N–H and O–H groups in total. The third-order valence-corrected chi connectivity index (χ3v) is 4.65. The van der Waals surface area contributed by atoms with Crippen molar-refractivity contribution >= 4 is 5.78 Å². The average molecular weight is 302 g/mol. The molecule has 22 heavy (non-hydrogen) atoms. The quantitative estimate of drug-likeness (QED) is 0.762. The van der Waals surface area contributed by atoms with E-state index in [0.29, 0.717) is 24.8 Å². The monoisotopic (exact) mass is 302 g/mol. The second-order valence-corrected chi connectivity index (χ2v) is 6.55. The number of nitrogens with two attached hydrogens (primary N) is 1. The van der Waals surface area contributed by atoms with Crippen LogP contribution in [-0.2, 0) is 11.2 Å². The zero-order valence-corrected chi connectivity index (χ0v) is 13.7. The van der Waals surface area contributed by atoms with Crippen molar-refractivity contribution in [2.75, 3.05) is 26.2 Å². The molecule has 1 aromatic rings. The summed E-state index contributed by atoms with van der Waals surface area (Å²) in [5.74, 6) is 1.03. The van der Waals surface area contributed by atoms with Crippen LogP contribution in [0.2, 0.25) is 0 Å². The van der Waals surface area contributed by atoms with Crippen molar-refractivity contribution in [1.29, 1.82) is 0 Å². The molecule has 0 amide bonds. The van der Waals surface area contributed by atoms with E-state index in [1.807, 2.05) is 6.07 Å². The van der Waals surface area contributed by atoms with Gasteiger partial charge in [0.05, 0.1) is 6.54 Å². The predicted octanol–water partition coefficient (Wildman–Crippen LogP) is 3.03. The molecular formula is C19H30N2O. The highest BCUT2D eigenvalue weighted by atomic mass is 16.1. The van der Waals surface area contributed by atoms with Crippen molar-refractivity contribution in [3.05, 3.63) is 35.9 Å². The highest BCUT2D eigenvalue weighted by Gasteiger charge is 2.18. The van der Waals surface area contributed by atoms with Crippen LogP contribution in [0.25, 0.3) is 0 Å². The molecule has 2 rings (SSSR count). The Morgan fingerprint density at radius 2 is 1.82 bits per heavy atom. The molecule has 0 saturated heterocycles. The number of ketones is 1. The Morgan fingerprint density at radius 3 is 2.50 bits per heavy atom. The summed E-state index contributed by atoms with van der Waals surface area (Å²) in [7, 11) is 0. The number of rotatable bonds is 9. The summed E-state index contributed by atoms with van der Waals surface area (Å²) in [6.45, 7) is 2.91. The number of carbonyl (C=O) groups excluding carboxylic acids is 1. The van der Waals surface area contributed by atoms with E-state index in [0.717, 1.165) is 25.9 Å². The van der Waals surface area contributed by atoms with E-state index < -0.39 is 0 Å². The Bertz CT molecular complexity index is 426. The van der Waals surface area contributed by atoms with Gasteiger partial charge in [0, 0.05) is 26.1 Å². The number of hydrogen-bond acceptors (Lipinski definition) is 3. The van der Waals surface area contributed by atoms with Crippen LogP contribution in [0.4, 0.5) is 0 Å². The van der Waals surface area contributed by atoms with Gasteiger partial charge in [0.1, 0.15) is 5.78 Å². The molecule has 0 heterocycles. The summed E-state index contributed by atoms with van der Waals surface area (Å²) in [5, 5.41) is 0. The second kappa shape index (κ2) is 9.75. The number of carbonyl (C=O) groups is 1. The first-order chi connectivity index (χ1) is 10.8. The van der Waals surface area contributed by atoms with Gasteiger partial charge in [-0.1, -0.05) is 62.4 Å². The molecule has 1 saturated carbocycles. The largest absolute Gasteiger partial charge is 0.329 e. The van der Waals surface area contributed by atoms with Gasteiger partial charge >= 0.3 is 0 Å². The van der Waals surface area contributed by atoms with Crippen LogP contribution in [0.15, 0.2) is 30.3 Å². The third kappa shape index (κ3) is 6.29. The minimum absolute atomic E-state index is 0.397. The van der Waals surface area contributed by atoms with E-state index in [2.05, 4.69) is 29.2 Å². The molecule has 122 valence electrons. The summed E-state index contributed by atoms with van der Waals surface area (Å²) in [5.41, 5.74) is 7.03. The molecule has 0 bridgehead atoms. The van der Waals surface area contributed by atoms with Crippen molar-refractivity contribution < 1.29 is 4.79 Å². The fourth-order valence-electron chi connectivity index (χ4n) is 3.41. The Labute approximate surface area is 134 Å². The van der Waals surface area contributed by atoms with Crippen LogP contribution in [-0.4, -0.2) is 36.9 Å². The van der Waals surface area contributed by atoms with E-state index in [1.165, 1.54) is 37.7 Å². The van der Waals surface area contributed by atoms with Crippen molar-refractivity contribution in [2.45, 2.75) is 44.9 Å². The van der Waals surface area contributed by atoms with E-state index in [1.54, 1.807) is 0 Å². The van der Waals surface area contributed by atoms with Crippen molar-refractivity contribution in [3.8, 4) is 0 Å². The number of Topliss-reactive ketones (excluding diaryl/α,β-unsaturated/α-hetero) is 1. The van der Waals surface area contributed by atoms with Crippen molar-refractivity contribution in [3.63, 3.8) is 0 Å². The van der Waals surface area contributed by atoms with E-state index in [4.69, 9.17) is 5.73 Å². The number of benzene rings is 1. The van der Waals surface area contributed by atoms with Gasteiger partial charge in [-0.25, -0.2) is 0 Å². The Kier molecular flexibility index (Phi) is 7.61. The first-order valence-corrected chi connectivity index (χ1v) is 8.76. The van der Waals surface area contributed by atoms with Crippen LogP contribution in [0.1, 0.15) is 44.1 Å². The standard InChI is InChI=1S/C19H30N2O/c20-12-14-21(13-11-17-7-3-1-4-8-17)16-19(22)15-18-9-5-2-6-10-18/h1,3-4,7-8,18H,2,5-6,9-16,20H2. The Morgan fingerprint density at radius 1 is 1.09 bits per heavy atom. The molecule has 0 radical (unpaired) electrons. The molecule has 0 atom stereocenters. The van der Waals surface area contributed by atoms with Crippen LogP contribution in [0.3, 0.4) is 0 Å². The van der Waals surface area contributed by atoms with Gasteiger partial charge in [-0.05, 0) is 17.9 Å². The summed E-state index contributed by atoms with van der Waals surface area (Å²) >= 11 is 0. The lowest BCUT2D eigenvalue weighted by molar-refractivity contribution is -0.121. The summed E-state index contributed by atoms with van der Waals surface area (Å²) in [4.78, 5) is 14.5. The maximum absolute atomic E-state index is 12.3. The lowest BCUT2D eigenvalue weighted by Gasteiger charge is -2.24. The van der Waals surface area contributed by atoms with E-state index >= 15 is 0 Å². The smallest absolute Gasteiger partial charge is 0.147 e. The molecule has 1 aliphatic carbocycles.